The summed E-state index contributed by atoms with van der Waals surface area (Å²) in [6.45, 7) is 3.29. The second-order valence-corrected chi connectivity index (χ2v) is 5.29. The number of aliphatic carboxylic acids is 1. The lowest BCUT2D eigenvalue weighted by Gasteiger charge is -2.15. The third kappa shape index (κ3) is 5.37. The Balaban J connectivity index is 2.91. The van der Waals surface area contributed by atoms with Crippen LogP contribution in [-0.2, 0) is 9.59 Å². The van der Waals surface area contributed by atoms with Gasteiger partial charge in [0.2, 0.25) is 5.91 Å². The maximum atomic E-state index is 12.2. The van der Waals surface area contributed by atoms with Crippen molar-refractivity contribution >= 4 is 35.1 Å². The number of anilines is 1. The van der Waals surface area contributed by atoms with E-state index in [2.05, 4.69) is 10.6 Å². The van der Waals surface area contributed by atoms with E-state index in [1.807, 2.05) is 6.92 Å². The Morgan fingerprint density at radius 3 is 2.55 bits per heavy atom. The minimum Gasteiger partial charge on any atom is -0.480 e. The zero-order valence-corrected chi connectivity index (χ0v) is 13.2. The fourth-order valence-corrected chi connectivity index (χ4v) is 2.09. The van der Waals surface area contributed by atoms with Gasteiger partial charge < -0.3 is 15.7 Å². The van der Waals surface area contributed by atoms with Gasteiger partial charge in [0.15, 0.2) is 0 Å². The van der Waals surface area contributed by atoms with Crippen LogP contribution in [0.25, 0.3) is 0 Å². The predicted octanol–water partition coefficient (Wildman–Crippen LogP) is 2.67. The first-order chi connectivity index (χ1) is 10.3. The standard InChI is InChI=1S/C15H19ClN2O4/c1-3-4-5-13(15(21)22)18-14(20)11-8-10(17-9(2)19)6-7-12(11)16/h6-8,13H,3-5H2,1-2H3,(H,17,19)(H,18,20)(H,21,22)/t13-/m0/s1. The molecule has 0 unspecified atom stereocenters. The van der Waals surface area contributed by atoms with Gasteiger partial charge in [0.1, 0.15) is 6.04 Å². The van der Waals surface area contributed by atoms with Gasteiger partial charge in [-0.2, -0.15) is 0 Å². The quantitative estimate of drug-likeness (QED) is 0.717. The van der Waals surface area contributed by atoms with Gasteiger partial charge in [-0.25, -0.2) is 4.79 Å². The molecule has 0 aliphatic heterocycles. The van der Waals surface area contributed by atoms with Crippen LogP contribution >= 0.6 is 11.6 Å². The molecule has 0 bridgehead atoms. The van der Waals surface area contributed by atoms with Crippen LogP contribution in [0.3, 0.4) is 0 Å². The lowest BCUT2D eigenvalue weighted by Crippen LogP contribution is -2.40. The number of carboxylic acid groups (broad SMARTS) is 1. The zero-order chi connectivity index (χ0) is 16.7. The van der Waals surface area contributed by atoms with Crippen LogP contribution in [-0.4, -0.2) is 28.9 Å². The predicted molar refractivity (Wildman–Crippen MR) is 84.2 cm³/mol. The number of carbonyl (C=O) groups is 3. The van der Waals surface area contributed by atoms with Crippen LogP contribution in [0, 0.1) is 0 Å². The smallest absolute Gasteiger partial charge is 0.326 e. The van der Waals surface area contributed by atoms with Gasteiger partial charge in [0.05, 0.1) is 10.6 Å². The maximum absolute atomic E-state index is 12.2. The molecule has 7 heteroatoms. The van der Waals surface area contributed by atoms with Gasteiger partial charge in [-0.1, -0.05) is 31.4 Å². The topological polar surface area (TPSA) is 95.5 Å². The summed E-state index contributed by atoms with van der Waals surface area (Å²) in [6, 6.07) is 3.49. The van der Waals surface area contributed by atoms with Gasteiger partial charge in [-0.3, -0.25) is 9.59 Å². The number of rotatable bonds is 7. The molecule has 2 amide bonds. The average Bonchev–Trinajstić information content (AvgIpc) is 2.44. The SMILES string of the molecule is CCCC[C@H](NC(=O)c1cc(NC(C)=O)ccc1Cl)C(=O)O. The number of hydrogen-bond acceptors (Lipinski definition) is 3. The molecule has 1 atom stereocenters. The Labute approximate surface area is 133 Å². The van der Waals surface area contributed by atoms with E-state index in [1.165, 1.54) is 19.1 Å². The Kier molecular flexibility index (Phi) is 6.85. The van der Waals surface area contributed by atoms with Crippen LogP contribution in [0.4, 0.5) is 5.69 Å². The number of carboxylic acids is 1. The number of carbonyl (C=O) groups excluding carboxylic acids is 2. The van der Waals surface area contributed by atoms with Crippen molar-refractivity contribution in [3.63, 3.8) is 0 Å². The van der Waals surface area contributed by atoms with E-state index in [-0.39, 0.29) is 16.5 Å². The van der Waals surface area contributed by atoms with Crippen LogP contribution in [0.1, 0.15) is 43.5 Å². The molecule has 22 heavy (non-hydrogen) atoms. The van der Waals surface area contributed by atoms with Crippen LogP contribution in [0.15, 0.2) is 18.2 Å². The van der Waals surface area contributed by atoms with E-state index in [0.717, 1.165) is 6.42 Å². The summed E-state index contributed by atoms with van der Waals surface area (Å²) in [6.07, 6.45) is 1.87. The molecule has 1 aromatic carbocycles. The van der Waals surface area contributed by atoms with Crippen LogP contribution in [0.5, 0.6) is 0 Å². The second-order valence-electron chi connectivity index (χ2n) is 4.88. The van der Waals surface area contributed by atoms with Crippen molar-refractivity contribution in [3.8, 4) is 0 Å². The highest BCUT2D eigenvalue weighted by atomic mass is 35.5. The Hall–Kier alpha value is -2.08. The molecule has 0 spiro atoms. The lowest BCUT2D eigenvalue weighted by molar-refractivity contribution is -0.139. The zero-order valence-electron chi connectivity index (χ0n) is 12.5. The molecule has 0 aliphatic carbocycles. The highest BCUT2D eigenvalue weighted by molar-refractivity contribution is 6.34. The number of nitrogens with one attached hydrogen (secondary N) is 2. The van der Waals surface area contributed by atoms with E-state index < -0.39 is 17.9 Å². The molecule has 0 radical (unpaired) electrons. The molecule has 0 heterocycles. The number of halogens is 1. The van der Waals surface area contributed by atoms with E-state index in [9.17, 15) is 14.4 Å². The summed E-state index contributed by atoms with van der Waals surface area (Å²) in [4.78, 5) is 34.4. The molecular formula is C15H19ClN2O4. The first kappa shape index (κ1) is 18.0. The highest BCUT2D eigenvalue weighted by Gasteiger charge is 2.21. The van der Waals surface area contributed by atoms with Crippen LogP contribution < -0.4 is 10.6 Å². The summed E-state index contributed by atoms with van der Waals surface area (Å²) in [5, 5.41) is 14.3. The molecule has 0 aromatic heterocycles. The summed E-state index contributed by atoms with van der Waals surface area (Å²) >= 11 is 5.97. The van der Waals surface area contributed by atoms with Crippen LogP contribution in [0.2, 0.25) is 5.02 Å². The van der Waals surface area contributed by atoms with Gasteiger partial charge in [-0.15, -0.1) is 0 Å². The molecule has 6 nitrogen and oxygen atoms in total. The Bertz CT molecular complexity index is 575. The number of unbranched alkanes of at least 4 members (excludes halogenated alkanes) is 1. The molecule has 1 rings (SSSR count). The summed E-state index contributed by atoms with van der Waals surface area (Å²) in [7, 11) is 0. The largest absolute Gasteiger partial charge is 0.480 e. The van der Waals surface area contributed by atoms with Crippen molar-refractivity contribution in [2.75, 3.05) is 5.32 Å². The molecule has 0 saturated carbocycles. The Morgan fingerprint density at radius 2 is 2.00 bits per heavy atom. The molecule has 0 aliphatic rings. The van der Waals surface area contributed by atoms with Gasteiger partial charge in [0.25, 0.3) is 5.91 Å². The van der Waals surface area contributed by atoms with E-state index in [4.69, 9.17) is 16.7 Å². The molecule has 0 saturated heterocycles. The highest BCUT2D eigenvalue weighted by Crippen LogP contribution is 2.21. The fourth-order valence-electron chi connectivity index (χ4n) is 1.88. The number of benzene rings is 1. The molecule has 3 N–H and O–H groups in total. The van der Waals surface area contributed by atoms with E-state index >= 15 is 0 Å². The normalized spacial score (nSPS) is 11.6. The van der Waals surface area contributed by atoms with Crippen molar-refractivity contribution in [2.45, 2.75) is 39.2 Å². The van der Waals surface area contributed by atoms with E-state index in [0.29, 0.717) is 18.5 Å². The number of hydrogen-bond donors (Lipinski definition) is 3. The number of amides is 2. The third-order valence-electron chi connectivity index (χ3n) is 2.98. The van der Waals surface area contributed by atoms with Crippen molar-refractivity contribution in [1.82, 2.24) is 5.32 Å². The first-order valence-electron chi connectivity index (χ1n) is 6.96. The summed E-state index contributed by atoms with van der Waals surface area (Å²) in [5.41, 5.74) is 0.540. The van der Waals surface area contributed by atoms with Gasteiger partial charge >= 0.3 is 5.97 Å². The third-order valence-corrected chi connectivity index (χ3v) is 3.31. The van der Waals surface area contributed by atoms with Crippen molar-refractivity contribution in [3.05, 3.63) is 28.8 Å². The molecule has 0 fully saturated rings. The minimum absolute atomic E-state index is 0.121. The molecular weight excluding hydrogens is 308 g/mol. The summed E-state index contributed by atoms with van der Waals surface area (Å²) < 4.78 is 0. The van der Waals surface area contributed by atoms with Crippen molar-refractivity contribution in [1.29, 1.82) is 0 Å². The second kappa shape index (κ2) is 8.38. The Morgan fingerprint density at radius 1 is 1.32 bits per heavy atom. The lowest BCUT2D eigenvalue weighted by atomic mass is 10.1. The molecule has 120 valence electrons. The van der Waals surface area contributed by atoms with Crippen molar-refractivity contribution in [2.24, 2.45) is 0 Å². The minimum atomic E-state index is -1.09. The van der Waals surface area contributed by atoms with Crippen molar-refractivity contribution < 1.29 is 19.5 Å². The van der Waals surface area contributed by atoms with E-state index in [1.54, 1.807) is 6.07 Å². The van der Waals surface area contributed by atoms with Gasteiger partial charge in [0, 0.05) is 12.6 Å². The average molecular weight is 327 g/mol. The summed E-state index contributed by atoms with van der Waals surface area (Å²) in [5.74, 6) is -1.95. The monoisotopic (exact) mass is 326 g/mol. The first-order valence-corrected chi connectivity index (χ1v) is 7.33. The van der Waals surface area contributed by atoms with Gasteiger partial charge in [-0.05, 0) is 24.6 Å². The molecule has 1 aromatic rings. The fraction of sp³-hybridized carbons (Fsp3) is 0.400. The maximum Gasteiger partial charge on any atom is 0.326 e.